The number of carbonyl (C=O) groups excluding carboxylic acids is 1. The Balaban J connectivity index is 1.90. The Labute approximate surface area is 141 Å². The van der Waals surface area contributed by atoms with E-state index in [1.54, 1.807) is 19.5 Å². The number of nitrogens with zero attached hydrogens (tertiary/aromatic N) is 3. The fraction of sp³-hybridized carbons (Fsp3) is 0.389. The lowest BCUT2D eigenvalue weighted by molar-refractivity contribution is -0.119. The second-order valence-electron chi connectivity index (χ2n) is 6.06. The molecule has 3 rings (SSSR count). The molecule has 1 aliphatic rings. The van der Waals surface area contributed by atoms with Crippen LogP contribution in [0.2, 0.25) is 0 Å². The monoisotopic (exact) mass is 326 g/mol. The van der Waals surface area contributed by atoms with Crippen molar-refractivity contribution in [2.75, 3.05) is 26.7 Å². The van der Waals surface area contributed by atoms with E-state index in [1.165, 1.54) is 0 Å². The molecule has 0 spiro atoms. The van der Waals surface area contributed by atoms with Crippen molar-refractivity contribution in [2.45, 2.75) is 18.8 Å². The number of hydrogen-bond acceptors (Lipinski definition) is 5. The SMILES string of the molecule is COc1cccc(-c2nccnc2C2CCCN(CC(N)=O)C2)c1. The first-order valence-electron chi connectivity index (χ1n) is 8.13. The van der Waals surface area contributed by atoms with E-state index in [0.29, 0.717) is 6.54 Å². The Morgan fingerprint density at radius 3 is 3.00 bits per heavy atom. The molecule has 2 N–H and O–H groups in total. The average Bonchev–Trinajstić information content (AvgIpc) is 2.61. The zero-order valence-corrected chi connectivity index (χ0v) is 13.8. The molecule has 6 heteroatoms. The normalized spacial score (nSPS) is 18.3. The van der Waals surface area contributed by atoms with Gasteiger partial charge in [-0.2, -0.15) is 0 Å². The van der Waals surface area contributed by atoms with Gasteiger partial charge >= 0.3 is 0 Å². The maximum Gasteiger partial charge on any atom is 0.231 e. The summed E-state index contributed by atoms with van der Waals surface area (Å²) in [4.78, 5) is 22.5. The minimum absolute atomic E-state index is 0.244. The van der Waals surface area contributed by atoms with E-state index in [9.17, 15) is 4.79 Å². The molecule has 2 aromatic rings. The molecule has 0 saturated carbocycles. The highest BCUT2D eigenvalue weighted by Crippen LogP contribution is 2.32. The quantitative estimate of drug-likeness (QED) is 0.906. The minimum Gasteiger partial charge on any atom is -0.497 e. The van der Waals surface area contributed by atoms with Crippen LogP contribution >= 0.6 is 0 Å². The van der Waals surface area contributed by atoms with Gasteiger partial charge in [-0.3, -0.25) is 19.7 Å². The number of rotatable bonds is 5. The van der Waals surface area contributed by atoms with Gasteiger partial charge in [0, 0.05) is 30.4 Å². The third kappa shape index (κ3) is 3.71. The molecule has 1 fully saturated rings. The molecule has 0 bridgehead atoms. The topological polar surface area (TPSA) is 81.3 Å². The molecule has 1 aromatic heterocycles. The summed E-state index contributed by atoms with van der Waals surface area (Å²) in [6, 6.07) is 7.85. The lowest BCUT2D eigenvalue weighted by Gasteiger charge is -2.32. The minimum atomic E-state index is -0.289. The van der Waals surface area contributed by atoms with Gasteiger partial charge in [0.05, 0.1) is 25.0 Å². The summed E-state index contributed by atoms with van der Waals surface area (Å²) in [6.45, 7) is 1.97. The van der Waals surface area contributed by atoms with Crippen molar-refractivity contribution in [2.24, 2.45) is 5.73 Å². The van der Waals surface area contributed by atoms with Crippen LogP contribution in [0.1, 0.15) is 24.5 Å². The van der Waals surface area contributed by atoms with E-state index in [-0.39, 0.29) is 11.8 Å². The van der Waals surface area contributed by atoms with Gasteiger partial charge in [0.1, 0.15) is 5.75 Å². The molecule has 1 amide bonds. The number of piperidine rings is 1. The number of aromatic nitrogens is 2. The van der Waals surface area contributed by atoms with Crippen LogP contribution in [0.15, 0.2) is 36.7 Å². The van der Waals surface area contributed by atoms with Crippen LogP contribution in [0.5, 0.6) is 5.75 Å². The van der Waals surface area contributed by atoms with Crippen molar-refractivity contribution in [3.8, 4) is 17.0 Å². The molecular formula is C18H22N4O2. The maximum absolute atomic E-state index is 11.2. The summed E-state index contributed by atoms with van der Waals surface area (Å²) in [6.07, 6.45) is 5.49. The first-order valence-corrected chi connectivity index (χ1v) is 8.13. The predicted molar refractivity (Wildman–Crippen MR) is 91.6 cm³/mol. The lowest BCUT2D eigenvalue weighted by atomic mass is 9.91. The number of likely N-dealkylation sites (tertiary alicyclic amines) is 1. The van der Waals surface area contributed by atoms with Crippen LogP contribution in [0, 0.1) is 0 Å². The van der Waals surface area contributed by atoms with Crippen LogP contribution in [0.3, 0.4) is 0 Å². The molecule has 0 aliphatic carbocycles. The molecule has 6 nitrogen and oxygen atoms in total. The first-order chi connectivity index (χ1) is 11.7. The van der Waals surface area contributed by atoms with Crippen LogP contribution in [0.25, 0.3) is 11.3 Å². The van der Waals surface area contributed by atoms with Gasteiger partial charge in [-0.15, -0.1) is 0 Å². The number of carbonyl (C=O) groups is 1. The van der Waals surface area contributed by atoms with Gasteiger partial charge in [0.25, 0.3) is 0 Å². The standard InChI is InChI=1S/C18H22N4O2/c1-24-15-6-2-4-13(10-15)17-18(21-8-7-20-17)14-5-3-9-22(11-14)12-16(19)23/h2,4,6-8,10,14H,3,5,9,11-12H2,1H3,(H2,19,23). The highest BCUT2D eigenvalue weighted by atomic mass is 16.5. The number of nitrogens with two attached hydrogens (primary N) is 1. The van der Waals surface area contributed by atoms with Gasteiger partial charge in [0.2, 0.25) is 5.91 Å². The predicted octanol–water partition coefficient (Wildman–Crippen LogP) is 1.82. The van der Waals surface area contributed by atoms with E-state index >= 15 is 0 Å². The molecule has 126 valence electrons. The second kappa shape index (κ2) is 7.40. The smallest absolute Gasteiger partial charge is 0.231 e. The van der Waals surface area contributed by atoms with Crippen molar-refractivity contribution in [3.63, 3.8) is 0 Å². The average molecular weight is 326 g/mol. The summed E-state index contributed by atoms with van der Waals surface area (Å²) < 4.78 is 5.31. The van der Waals surface area contributed by atoms with Crippen molar-refractivity contribution in [1.82, 2.24) is 14.9 Å². The third-order valence-electron chi connectivity index (χ3n) is 4.34. The van der Waals surface area contributed by atoms with E-state index in [0.717, 1.165) is 48.6 Å². The Morgan fingerprint density at radius 1 is 1.38 bits per heavy atom. The summed E-state index contributed by atoms with van der Waals surface area (Å²) in [5.41, 5.74) is 8.18. The van der Waals surface area contributed by atoms with Gasteiger partial charge in [-0.05, 0) is 31.5 Å². The zero-order valence-electron chi connectivity index (χ0n) is 13.8. The number of hydrogen-bond donors (Lipinski definition) is 1. The summed E-state index contributed by atoms with van der Waals surface area (Å²) in [5, 5.41) is 0. The molecule has 0 radical (unpaired) electrons. The summed E-state index contributed by atoms with van der Waals surface area (Å²) >= 11 is 0. The number of primary amides is 1. The second-order valence-corrected chi connectivity index (χ2v) is 6.06. The van der Waals surface area contributed by atoms with E-state index in [4.69, 9.17) is 10.5 Å². The number of benzene rings is 1. The molecule has 1 saturated heterocycles. The Kier molecular flexibility index (Phi) is 5.05. The molecule has 1 unspecified atom stereocenters. The van der Waals surface area contributed by atoms with E-state index in [1.807, 2.05) is 24.3 Å². The van der Waals surface area contributed by atoms with Crippen LogP contribution in [0.4, 0.5) is 0 Å². The molecule has 1 aromatic carbocycles. The molecule has 2 heterocycles. The first kappa shape index (κ1) is 16.4. The molecular weight excluding hydrogens is 304 g/mol. The number of methoxy groups -OCH3 is 1. The van der Waals surface area contributed by atoms with Gasteiger partial charge in [0.15, 0.2) is 0 Å². The van der Waals surface area contributed by atoms with Crippen molar-refractivity contribution < 1.29 is 9.53 Å². The van der Waals surface area contributed by atoms with Crippen LogP contribution < -0.4 is 10.5 Å². The Hall–Kier alpha value is -2.47. The van der Waals surface area contributed by atoms with Gasteiger partial charge in [-0.25, -0.2) is 0 Å². The molecule has 24 heavy (non-hydrogen) atoms. The summed E-state index contributed by atoms with van der Waals surface area (Å²) in [5.74, 6) is 0.749. The molecule has 1 aliphatic heterocycles. The van der Waals surface area contributed by atoms with Gasteiger partial charge < -0.3 is 10.5 Å². The highest BCUT2D eigenvalue weighted by molar-refractivity contribution is 5.76. The fourth-order valence-electron chi connectivity index (χ4n) is 3.28. The number of amides is 1. The third-order valence-corrected chi connectivity index (χ3v) is 4.34. The van der Waals surface area contributed by atoms with E-state index < -0.39 is 0 Å². The fourth-order valence-corrected chi connectivity index (χ4v) is 3.28. The van der Waals surface area contributed by atoms with Crippen molar-refractivity contribution in [1.29, 1.82) is 0 Å². The summed E-state index contributed by atoms with van der Waals surface area (Å²) in [7, 11) is 1.65. The van der Waals surface area contributed by atoms with Crippen molar-refractivity contribution >= 4 is 5.91 Å². The van der Waals surface area contributed by atoms with Crippen LogP contribution in [-0.2, 0) is 4.79 Å². The lowest BCUT2D eigenvalue weighted by Crippen LogP contribution is -2.40. The Morgan fingerprint density at radius 2 is 2.21 bits per heavy atom. The van der Waals surface area contributed by atoms with Crippen LogP contribution in [-0.4, -0.2) is 47.5 Å². The van der Waals surface area contributed by atoms with Gasteiger partial charge in [-0.1, -0.05) is 12.1 Å². The van der Waals surface area contributed by atoms with Crippen molar-refractivity contribution in [3.05, 3.63) is 42.4 Å². The number of ether oxygens (including phenoxy) is 1. The van der Waals surface area contributed by atoms with E-state index in [2.05, 4.69) is 14.9 Å². The zero-order chi connectivity index (χ0) is 16.9. The molecule has 1 atom stereocenters. The maximum atomic E-state index is 11.2. The largest absolute Gasteiger partial charge is 0.497 e. The highest BCUT2D eigenvalue weighted by Gasteiger charge is 2.26. The Bertz CT molecular complexity index is 720.